The van der Waals surface area contributed by atoms with E-state index < -0.39 is 47.1 Å². The Balaban J connectivity index is 3.46. The normalized spacial score (nSPS) is 13.3. The molecular weight excluding hydrogens is 450 g/mol. The molecule has 0 saturated heterocycles. The van der Waals surface area contributed by atoms with Gasteiger partial charge >= 0.3 is 12.1 Å². The van der Waals surface area contributed by atoms with Gasteiger partial charge in [-0.15, -0.1) is 0 Å². The predicted molar refractivity (Wildman–Crippen MR) is 134 cm³/mol. The zero-order chi connectivity index (χ0) is 27.0. The molecule has 0 aromatic heterocycles. The predicted octanol–water partition coefficient (Wildman–Crippen LogP) is 3.51. The van der Waals surface area contributed by atoms with Crippen molar-refractivity contribution in [1.29, 1.82) is 0 Å². The number of nitrogens with one attached hydrogen (secondary N) is 2. The number of methoxy groups -OCH3 is 1. The van der Waals surface area contributed by atoms with Gasteiger partial charge in [0.25, 0.3) is 0 Å². The molecule has 1 aromatic carbocycles. The van der Waals surface area contributed by atoms with Crippen LogP contribution in [0.5, 0.6) is 0 Å². The summed E-state index contributed by atoms with van der Waals surface area (Å²) in [6, 6.07) is 5.40. The first-order chi connectivity index (χ1) is 16.2. The Morgan fingerprint density at radius 2 is 1.57 bits per heavy atom. The molecule has 0 saturated carbocycles. The minimum Gasteiger partial charge on any atom is -0.468 e. The largest absolute Gasteiger partial charge is 0.468 e. The number of amides is 3. The van der Waals surface area contributed by atoms with Gasteiger partial charge in [0.05, 0.1) is 7.11 Å². The van der Waals surface area contributed by atoms with E-state index in [9.17, 15) is 19.2 Å². The summed E-state index contributed by atoms with van der Waals surface area (Å²) in [5.74, 6) is -1.59. The van der Waals surface area contributed by atoms with E-state index in [1.54, 1.807) is 39.8 Å². The number of alkyl carbamates (subject to hydrolysis) is 1. The second-order valence-corrected chi connectivity index (χ2v) is 10.0. The standard InChI is InChI=1S/C26H41N3O6/c1-10-18-12-14-19(15-13-18)21(22(31)27-16-20(30)34-9)29(26(7,8)11-2)23(32)17(3)28-24(33)35-25(4,5)6/h12-15,17,21H,10-11,16H2,1-9H3,(H,27,31)(H,28,33). The zero-order valence-corrected chi connectivity index (χ0v) is 22.5. The molecule has 9 nitrogen and oxygen atoms in total. The van der Waals surface area contributed by atoms with Crippen LogP contribution in [0.1, 0.15) is 79.0 Å². The SMILES string of the molecule is CCc1ccc(C(C(=O)NCC(=O)OC)N(C(=O)C(C)NC(=O)OC(C)(C)C)C(C)(C)CC)cc1. The van der Waals surface area contributed by atoms with Gasteiger partial charge in [0.1, 0.15) is 24.2 Å². The van der Waals surface area contributed by atoms with Gasteiger partial charge in [0.2, 0.25) is 11.8 Å². The van der Waals surface area contributed by atoms with E-state index in [1.807, 2.05) is 39.8 Å². The van der Waals surface area contributed by atoms with E-state index in [0.29, 0.717) is 12.0 Å². The highest BCUT2D eigenvalue weighted by Crippen LogP contribution is 2.32. The van der Waals surface area contributed by atoms with E-state index in [-0.39, 0.29) is 6.54 Å². The molecule has 0 spiro atoms. The fourth-order valence-corrected chi connectivity index (χ4v) is 3.38. The molecule has 35 heavy (non-hydrogen) atoms. The van der Waals surface area contributed by atoms with Crippen LogP contribution < -0.4 is 10.6 Å². The average molecular weight is 492 g/mol. The van der Waals surface area contributed by atoms with Gasteiger partial charge in [-0.3, -0.25) is 14.4 Å². The Kier molecular flexibility index (Phi) is 10.7. The van der Waals surface area contributed by atoms with E-state index in [4.69, 9.17) is 4.74 Å². The molecule has 2 N–H and O–H groups in total. The number of benzene rings is 1. The number of esters is 1. The minimum atomic E-state index is -1.05. The average Bonchev–Trinajstić information content (AvgIpc) is 2.78. The number of hydrogen-bond donors (Lipinski definition) is 2. The third-order valence-electron chi connectivity index (χ3n) is 5.70. The van der Waals surface area contributed by atoms with Crippen molar-refractivity contribution >= 4 is 23.9 Å². The molecule has 0 aliphatic carbocycles. The molecule has 2 atom stereocenters. The maximum atomic E-state index is 13.8. The van der Waals surface area contributed by atoms with E-state index in [2.05, 4.69) is 15.4 Å². The van der Waals surface area contributed by atoms with Gasteiger partial charge in [-0.1, -0.05) is 38.1 Å². The number of hydrogen-bond acceptors (Lipinski definition) is 6. The van der Waals surface area contributed by atoms with Crippen molar-refractivity contribution in [3.63, 3.8) is 0 Å². The Hall–Kier alpha value is -3.10. The van der Waals surface area contributed by atoms with E-state index in [0.717, 1.165) is 12.0 Å². The summed E-state index contributed by atoms with van der Waals surface area (Å²) >= 11 is 0. The summed E-state index contributed by atoms with van der Waals surface area (Å²) in [7, 11) is 1.23. The van der Waals surface area contributed by atoms with Crippen LogP contribution in [-0.2, 0) is 30.3 Å². The van der Waals surface area contributed by atoms with Crippen molar-refractivity contribution in [2.75, 3.05) is 13.7 Å². The van der Waals surface area contributed by atoms with Gasteiger partial charge in [-0.25, -0.2) is 4.79 Å². The molecule has 0 fully saturated rings. The lowest BCUT2D eigenvalue weighted by atomic mass is 9.91. The summed E-state index contributed by atoms with van der Waals surface area (Å²) in [4.78, 5) is 52.7. The lowest BCUT2D eigenvalue weighted by Crippen LogP contribution is -2.58. The Bertz CT molecular complexity index is 889. The van der Waals surface area contributed by atoms with Crippen LogP contribution in [0.4, 0.5) is 4.79 Å². The minimum absolute atomic E-state index is 0.334. The lowest BCUT2D eigenvalue weighted by Gasteiger charge is -2.44. The molecule has 0 radical (unpaired) electrons. The third kappa shape index (κ3) is 8.88. The van der Waals surface area contributed by atoms with Crippen LogP contribution >= 0.6 is 0 Å². The lowest BCUT2D eigenvalue weighted by molar-refractivity contribution is -0.149. The molecule has 0 heterocycles. The van der Waals surface area contributed by atoms with Crippen LogP contribution in [0, 0.1) is 0 Å². The first kappa shape index (κ1) is 29.9. The number of aryl methyl sites for hydroxylation is 1. The highest BCUT2D eigenvalue weighted by atomic mass is 16.6. The maximum absolute atomic E-state index is 13.8. The monoisotopic (exact) mass is 491 g/mol. The van der Waals surface area contributed by atoms with E-state index in [1.165, 1.54) is 12.0 Å². The van der Waals surface area contributed by atoms with Crippen molar-refractivity contribution in [2.24, 2.45) is 0 Å². The molecule has 0 aliphatic rings. The van der Waals surface area contributed by atoms with Crippen LogP contribution in [-0.4, -0.2) is 59.6 Å². The second kappa shape index (κ2) is 12.6. The summed E-state index contributed by atoms with van der Waals surface area (Å²) < 4.78 is 9.93. The quantitative estimate of drug-likeness (QED) is 0.484. The maximum Gasteiger partial charge on any atom is 0.408 e. The van der Waals surface area contributed by atoms with Crippen molar-refractivity contribution in [3.8, 4) is 0 Å². The first-order valence-corrected chi connectivity index (χ1v) is 11.9. The summed E-state index contributed by atoms with van der Waals surface area (Å²) in [5.41, 5.74) is 0.170. The number of carbonyl (C=O) groups is 4. The van der Waals surface area contributed by atoms with Crippen LogP contribution in [0.3, 0.4) is 0 Å². The summed E-state index contributed by atoms with van der Waals surface area (Å²) in [6.07, 6.45) is 0.622. The first-order valence-electron chi connectivity index (χ1n) is 11.9. The van der Waals surface area contributed by atoms with Crippen molar-refractivity contribution < 1.29 is 28.7 Å². The number of rotatable bonds is 10. The Morgan fingerprint density at radius 3 is 2.03 bits per heavy atom. The molecular formula is C26H41N3O6. The van der Waals surface area contributed by atoms with Crippen molar-refractivity contribution in [3.05, 3.63) is 35.4 Å². The molecule has 1 aromatic rings. The van der Waals surface area contributed by atoms with Crippen molar-refractivity contribution in [1.82, 2.24) is 15.5 Å². The van der Waals surface area contributed by atoms with Gasteiger partial charge in [-0.2, -0.15) is 0 Å². The molecule has 0 bridgehead atoms. The summed E-state index contributed by atoms with van der Waals surface area (Å²) in [6.45, 7) is 14.0. The summed E-state index contributed by atoms with van der Waals surface area (Å²) in [5, 5.41) is 5.16. The number of ether oxygens (including phenoxy) is 2. The van der Waals surface area contributed by atoms with Crippen LogP contribution in [0.25, 0.3) is 0 Å². The second-order valence-electron chi connectivity index (χ2n) is 10.0. The fraction of sp³-hybridized carbons (Fsp3) is 0.615. The smallest absolute Gasteiger partial charge is 0.408 e. The molecule has 196 valence electrons. The Labute approximate surface area is 208 Å². The highest BCUT2D eigenvalue weighted by molar-refractivity contribution is 5.93. The Morgan fingerprint density at radius 1 is 1.00 bits per heavy atom. The molecule has 3 amide bonds. The van der Waals surface area contributed by atoms with E-state index >= 15 is 0 Å². The molecule has 0 aliphatic heterocycles. The van der Waals surface area contributed by atoms with Crippen LogP contribution in [0.15, 0.2) is 24.3 Å². The fourth-order valence-electron chi connectivity index (χ4n) is 3.38. The molecule has 2 unspecified atom stereocenters. The number of carbonyl (C=O) groups excluding carboxylic acids is 4. The van der Waals surface area contributed by atoms with Gasteiger partial charge < -0.3 is 25.0 Å². The van der Waals surface area contributed by atoms with Gasteiger partial charge in [0, 0.05) is 5.54 Å². The molecule has 1 rings (SSSR count). The van der Waals surface area contributed by atoms with Gasteiger partial charge in [-0.05, 0) is 65.5 Å². The van der Waals surface area contributed by atoms with Gasteiger partial charge in [0.15, 0.2) is 0 Å². The zero-order valence-electron chi connectivity index (χ0n) is 22.5. The number of nitrogens with zero attached hydrogens (tertiary/aromatic N) is 1. The van der Waals surface area contributed by atoms with Crippen LogP contribution in [0.2, 0.25) is 0 Å². The topological polar surface area (TPSA) is 114 Å². The highest BCUT2D eigenvalue weighted by Gasteiger charge is 2.42. The van der Waals surface area contributed by atoms with Crippen molar-refractivity contribution in [2.45, 2.75) is 91.5 Å². The third-order valence-corrected chi connectivity index (χ3v) is 5.70. The molecule has 9 heteroatoms.